The first kappa shape index (κ1) is 23.5. The number of hydrogen-bond acceptors (Lipinski definition) is 3. The van der Waals surface area contributed by atoms with Crippen LogP contribution in [0, 0.1) is 12.8 Å². The average Bonchev–Trinajstić information content (AvgIpc) is 2.84. The second-order valence-corrected chi connectivity index (χ2v) is 10.8. The maximum absolute atomic E-state index is 13.2. The van der Waals surface area contributed by atoms with Crippen LogP contribution in [0.4, 0.5) is 0 Å². The van der Waals surface area contributed by atoms with Gasteiger partial charge in [0.1, 0.15) is 0 Å². The molecule has 1 fully saturated rings. The van der Waals surface area contributed by atoms with Gasteiger partial charge in [-0.3, -0.25) is 4.79 Å². The van der Waals surface area contributed by atoms with E-state index in [0.29, 0.717) is 31.0 Å². The molecule has 1 aliphatic heterocycles. The molecule has 0 radical (unpaired) electrons. The monoisotopic (exact) mass is 482 g/mol. The first-order valence-electron chi connectivity index (χ1n) is 11.0. The first-order valence-corrected chi connectivity index (χ1v) is 12.8. The molecule has 0 aliphatic carbocycles. The molecule has 0 spiro atoms. The van der Waals surface area contributed by atoms with E-state index in [9.17, 15) is 13.2 Å². The third kappa shape index (κ3) is 5.46. The number of benzene rings is 3. The minimum absolute atomic E-state index is 0.0482. The lowest BCUT2D eigenvalue weighted by Crippen LogP contribution is -2.43. The molecular weight excluding hydrogens is 456 g/mol. The number of carbonyl (C=O) groups is 1. The smallest absolute Gasteiger partial charge is 0.243 e. The number of amides is 1. The Morgan fingerprint density at radius 2 is 1.48 bits per heavy atom. The average molecular weight is 483 g/mol. The molecule has 7 heteroatoms. The predicted octanol–water partition coefficient (Wildman–Crippen LogP) is 4.95. The maximum atomic E-state index is 13.2. The zero-order chi connectivity index (χ0) is 23.4. The summed E-state index contributed by atoms with van der Waals surface area (Å²) in [5, 5.41) is 3.70. The predicted molar refractivity (Wildman–Crippen MR) is 131 cm³/mol. The van der Waals surface area contributed by atoms with Crippen LogP contribution in [0.5, 0.6) is 0 Å². The standard InChI is InChI=1S/C26H27ClN2O3S/c1-19-7-9-21(10-8-19)25(20-5-3-2-4-6-20)28-26(30)22-15-17-29(18-16-22)33(31,32)24-13-11-23(27)12-14-24/h2-14,22,25H,15-18H2,1H3,(H,28,30). The highest BCUT2D eigenvalue weighted by Gasteiger charge is 2.33. The summed E-state index contributed by atoms with van der Waals surface area (Å²) in [6.07, 6.45) is 0.960. The molecule has 1 aliphatic rings. The third-order valence-corrected chi connectivity index (χ3v) is 8.27. The van der Waals surface area contributed by atoms with E-state index in [4.69, 9.17) is 11.6 Å². The highest BCUT2D eigenvalue weighted by molar-refractivity contribution is 7.89. The van der Waals surface area contributed by atoms with Gasteiger partial charge in [-0.1, -0.05) is 71.8 Å². The Labute approximate surface area is 200 Å². The minimum atomic E-state index is -3.60. The largest absolute Gasteiger partial charge is 0.345 e. The van der Waals surface area contributed by atoms with Gasteiger partial charge in [0.2, 0.25) is 15.9 Å². The van der Waals surface area contributed by atoms with Crippen molar-refractivity contribution in [3.63, 3.8) is 0 Å². The summed E-state index contributed by atoms with van der Waals surface area (Å²) in [5.74, 6) is -0.286. The number of piperidine rings is 1. The summed E-state index contributed by atoms with van der Waals surface area (Å²) in [5.41, 5.74) is 3.19. The van der Waals surface area contributed by atoms with E-state index in [1.807, 2.05) is 61.5 Å². The van der Waals surface area contributed by atoms with Crippen molar-refractivity contribution < 1.29 is 13.2 Å². The van der Waals surface area contributed by atoms with E-state index in [1.165, 1.54) is 16.4 Å². The second kappa shape index (κ2) is 10.1. The summed E-state index contributed by atoms with van der Waals surface area (Å²) in [4.78, 5) is 13.4. The van der Waals surface area contributed by atoms with Gasteiger partial charge in [0, 0.05) is 24.0 Å². The molecule has 1 unspecified atom stereocenters. The molecule has 0 aromatic heterocycles. The Kier molecular flexibility index (Phi) is 7.17. The zero-order valence-corrected chi connectivity index (χ0v) is 20.0. The Balaban J connectivity index is 1.45. The topological polar surface area (TPSA) is 66.5 Å². The van der Waals surface area contributed by atoms with Crippen LogP contribution in [0.2, 0.25) is 5.02 Å². The molecule has 3 aromatic carbocycles. The van der Waals surface area contributed by atoms with Gasteiger partial charge >= 0.3 is 0 Å². The summed E-state index contributed by atoms with van der Waals surface area (Å²) >= 11 is 5.89. The minimum Gasteiger partial charge on any atom is -0.345 e. The van der Waals surface area contributed by atoms with Crippen LogP contribution in [0.3, 0.4) is 0 Å². The SMILES string of the molecule is Cc1ccc(C(NC(=O)C2CCN(S(=O)(=O)c3ccc(Cl)cc3)CC2)c2ccccc2)cc1. The van der Waals surface area contributed by atoms with Gasteiger partial charge in [0.15, 0.2) is 0 Å². The van der Waals surface area contributed by atoms with Gasteiger partial charge in [-0.05, 0) is 55.2 Å². The molecule has 172 valence electrons. The Hall–Kier alpha value is -2.67. The quantitative estimate of drug-likeness (QED) is 0.540. The fourth-order valence-corrected chi connectivity index (χ4v) is 5.73. The van der Waals surface area contributed by atoms with Crippen LogP contribution < -0.4 is 5.32 Å². The number of carbonyl (C=O) groups excluding carboxylic acids is 1. The summed E-state index contributed by atoms with van der Waals surface area (Å²) < 4.78 is 27.3. The Bertz CT molecular complexity index is 1190. The number of nitrogens with one attached hydrogen (secondary N) is 1. The van der Waals surface area contributed by atoms with E-state index in [-0.39, 0.29) is 22.8 Å². The van der Waals surface area contributed by atoms with Crippen molar-refractivity contribution in [1.82, 2.24) is 9.62 Å². The number of rotatable bonds is 6. The van der Waals surface area contributed by atoms with E-state index in [2.05, 4.69) is 5.32 Å². The first-order chi connectivity index (χ1) is 15.8. The summed E-state index contributed by atoms with van der Waals surface area (Å²) in [6, 6.07) is 24.0. The van der Waals surface area contributed by atoms with Gasteiger partial charge < -0.3 is 5.32 Å². The van der Waals surface area contributed by atoms with E-state index in [0.717, 1.165) is 16.7 Å². The molecule has 1 atom stereocenters. The maximum Gasteiger partial charge on any atom is 0.243 e. The normalized spacial score (nSPS) is 16.3. The fraction of sp³-hybridized carbons (Fsp3) is 0.269. The number of nitrogens with zero attached hydrogens (tertiary/aromatic N) is 1. The molecule has 1 heterocycles. The third-order valence-electron chi connectivity index (χ3n) is 6.11. The highest BCUT2D eigenvalue weighted by atomic mass is 35.5. The van der Waals surface area contributed by atoms with Crippen molar-refractivity contribution in [2.24, 2.45) is 5.92 Å². The molecule has 1 N–H and O–H groups in total. The molecule has 1 amide bonds. The number of sulfonamides is 1. The molecular formula is C26H27ClN2O3S. The van der Waals surface area contributed by atoms with Gasteiger partial charge in [-0.2, -0.15) is 4.31 Å². The van der Waals surface area contributed by atoms with Gasteiger partial charge in [-0.15, -0.1) is 0 Å². The van der Waals surface area contributed by atoms with Crippen molar-refractivity contribution in [3.8, 4) is 0 Å². The lowest BCUT2D eigenvalue weighted by Gasteiger charge is -2.31. The highest BCUT2D eigenvalue weighted by Crippen LogP contribution is 2.27. The van der Waals surface area contributed by atoms with Crippen molar-refractivity contribution in [1.29, 1.82) is 0 Å². The van der Waals surface area contributed by atoms with Crippen molar-refractivity contribution in [3.05, 3.63) is 101 Å². The molecule has 0 saturated carbocycles. The molecule has 0 bridgehead atoms. The zero-order valence-electron chi connectivity index (χ0n) is 18.4. The van der Waals surface area contributed by atoms with Crippen molar-refractivity contribution in [2.75, 3.05) is 13.1 Å². The van der Waals surface area contributed by atoms with E-state index in [1.54, 1.807) is 12.1 Å². The molecule has 4 rings (SSSR count). The number of halogens is 1. The van der Waals surface area contributed by atoms with Crippen molar-refractivity contribution >= 4 is 27.5 Å². The van der Waals surface area contributed by atoms with Crippen LogP contribution in [-0.4, -0.2) is 31.7 Å². The van der Waals surface area contributed by atoms with Crippen molar-refractivity contribution in [2.45, 2.75) is 30.7 Å². The summed E-state index contributed by atoms with van der Waals surface area (Å²) in [7, 11) is -3.60. The lowest BCUT2D eigenvalue weighted by molar-refractivity contribution is -0.126. The summed E-state index contributed by atoms with van der Waals surface area (Å²) in [6.45, 7) is 2.65. The van der Waals surface area contributed by atoms with Gasteiger partial charge in [-0.25, -0.2) is 8.42 Å². The molecule has 3 aromatic rings. The van der Waals surface area contributed by atoms with Crippen LogP contribution in [-0.2, 0) is 14.8 Å². The number of aryl methyl sites for hydroxylation is 1. The second-order valence-electron chi connectivity index (χ2n) is 8.40. The molecule has 5 nitrogen and oxygen atoms in total. The van der Waals surface area contributed by atoms with E-state index >= 15 is 0 Å². The van der Waals surface area contributed by atoms with Crippen LogP contribution >= 0.6 is 11.6 Å². The van der Waals surface area contributed by atoms with Crippen LogP contribution in [0.25, 0.3) is 0 Å². The fourth-order valence-electron chi connectivity index (χ4n) is 4.14. The number of hydrogen-bond donors (Lipinski definition) is 1. The molecule has 1 saturated heterocycles. The van der Waals surface area contributed by atoms with Gasteiger partial charge in [0.25, 0.3) is 0 Å². The lowest BCUT2D eigenvalue weighted by atomic mass is 9.94. The van der Waals surface area contributed by atoms with Crippen LogP contribution in [0.1, 0.15) is 35.6 Å². The Morgan fingerprint density at radius 3 is 2.09 bits per heavy atom. The van der Waals surface area contributed by atoms with Gasteiger partial charge in [0.05, 0.1) is 10.9 Å². The van der Waals surface area contributed by atoms with E-state index < -0.39 is 10.0 Å². The van der Waals surface area contributed by atoms with Crippen LogP contribution in [0.15, 0.2) is 83.8 Å². The Morgan fingerprint density at radius 1 is 0.909 bits per heavy atom. The molecule has 33 heavy (non-hydrogen) atoms.